The van der Waals surface area contributed by atoms with E-state index in [0.29, 0.717) is 17.4 Å². The molecule has 242 valence electrons. The van der Waals surface area contributed by atoms with Crippen molar-refractivity contribution in [1.82, 2.24) is 0 Å². The lowest BCUT2D eigenvalue weighted by atomic mass is 9.69. The molecule has 0 aliphatic heterocycles. The number of aliphatic hydroxyl groups excluding tert-OH is 2. The molecule has 0 unspecified atom stereocenters. The van der Waals surface area contributed by atoms with E-state index < -0.39 is 0 Å². The molecular formula is C39H62O4. The summed E-state index contributed by atoms with van der Waals surface area (Å²) in [6.45, 7) is 13.7. The van der Waals surface area contributed by atoms with Crippen LogP contribution in [0, 0.1) is 5.92 Å². The Labute approximate surface area is 263 Å². The summed E-state index contributed by atoms with van der Waals surface area (Å²) in [5.41, 5.74) is 6.13. The highest BCUT2D eigenvalue weighted by Gasteiger charge is 2.36. The van der Waals surface area contributed by atoms with Crippen LogP contribution in [0.25, 0.3) is 0 Å². The highest BCUT2D eigenvalue weighted by atomic mass is 16.3. The van der Waals surface area contributed by atoms with Gasteiger partial charge in [0, 0.05) is 41.4 Å². The average Bonchev–Trinajstić information content (AvgIpc) is 3.00. The molecule has 1 fully saturated rings. The number of aliphatic hydroxyl groups is 2. The standard InChI is InChI=1S/C39H62O4/c1-7-38(3,4)33-26-28(18-12-10-16-22-40)24-31(36(33)42)35(30-20-14-9-15-21-30)32-25-29(19-13-11-17-23-41)27-34(37(32)43)39(5,6)8-2/h24-27,30,35,40-43H,7-23H2,1-6H3. The third kappa shape index (κ3) is 9.01. The maximum atomic E-state index is 12.1. The molecular weight excluding hydrogens is 532 g/mol. The summed E-state index contributed by atoms with van der Waals surface area (Å²) in [5, 5.41) is 43.0. The summed E-state index contributed by atoms with van der Waals surface area (Å²) >= 11 is 0. The fourth-order valence-corrected chi connectivity index (χ4v) is 6.99. The van der Waals surface area contributed by atoms with Crippen LogP contribution in [0.15, 0.2) is 24.3 Å². The lowest BCUT2D eigenvalue weighted by molar-refractivity contribution is 0.283. The normalized spacial score (nSPS) is 15.0. The quantitative estimate of drug-likeness (QED) is 0.137. The van der Waals surface area contributed by atoms with E-state index in [1.54, 1.807) is 0 Å². The molecule has 0 radical (unpaired) electrons. The van der Waals surface area contributed by atoms with Gasteiger partial charge in [-0.3, -0.25) is 0 Å². The molecule has 1 aliphatic carbocycles. The predicted molar refractivity (Wildman–Crippen MR) is 181 cm³/mol. The number of hydrogen-bond donors (Lipinski definition) is 4. The first-order chi connectivity index (χ1) is 20.5. The van der Waals surface area contributed by atoms with E-state index in [1.165, 1.54) is 30.4 Å². The molecule has 0 bridgehead atoms. The zero-order valence-electron chi connectivity index (χ0n) is 28.3. The van der Waals surface area contributed by atoms with Crippen LogP contribution in [0.5, 0.6) is 11.5 Å². The molecule has 4 N–H and O–H groups in total. The van der Waals surface area contributed by atoms with Gasteiger partial charge in [0.25, 0.3) is 0 Å². The second-order valence-electron chi connectivity index (χ2n) is 14.6. The first-order valence-electron chi connectivity index (χ1n) is 17.4. The molecule has 0 spiro atoms. The Morgan fingerprint density at radius 3 is 1.42 bits per heavy atom. The van der Waals surface area contributed by atoms with Crippen LogP contribution < -0.4 is 0 Å². The highest BCUT2D eigenvalue weighted by Crippen LogP contribution is 2.51. The minimum atomic E-state index is -0.178. The minimum Gasteiger partial charge on any atom is -0.507 e. The van der Waals surface area contributed by atoms with E-state index in [0.717, 1.165) is 99.3 Å². The first kappa shape index (κ1) is 35.4. The van der Waals surface area contributed by atoms with Crippen molar-refractivity contribution in [2.75, 3.05) is 13.2 Å². The van der Waals surface area contributed by atoms with Crippen LogP contribution in [-0.2, 0) is 23.7 Å². The van der Waals surface area contributed by atoms with Crippen LogP contribution >= 0.6 is 0 Å². The number of phenols is 2. The third-order valence-electron chi connectivity index (χ3n) is 10.7. The van der Waals surface area contributed by atoms with E-state index in [1.807, 2.05) is 0 Å². The number of rotatable bonds is 17. The minimum absolute atomic E-state index is 0.0760. The smallest absolute Gasteiger partial charge is 0.123 e. The predicted octanol–water partition coefficient (Wildman–Crippen LogP) is 9.60. The van der Waals surface area contributed by atoms with Crippen LogP contribution in [0.3, 0.4) is 0 Å². The van der Waals surface area contributed by atoms with E-state index in [2.05, 4.69) is 65.8 Å². The van der Waals surface area contributed by atoms with E-state index >= 15 is 0 Å². The van der Waals surface area contributed by atoms with Gasteiger partial charge >= 0.3 is 0 Å². The van der Waals surface area contributed by atoms with E-state index in [9.17, 15) is 20.4 Å². The fourth-order valence-electron chi connectivity index (χ4n) is 6.99. The number of aromatic hydroxyl groups is 2. The Morgan fingerprint density at radius 1 is 0.628 bits per heavy atom. The molecule has 0 atom stereocenters. The van der Waals surface area contributed by atoms with Gasteiger partial charge in [0.05, 0.1) is 0 Å². The molecule has 0 heterocycles. The van der Waals surface area contributed by atoms with Gasteiger partial charge in [-0.05, 0) is 92.1 Å². The second kappa shape index (κ2) is 16.3. The van der Waals surface area contributed by atoms with Gasteiger partial charge in [-0.2, -0.15) is 0 Å². The Hall–Kier alpha value is -2.04. The Kier molecular flexibility index (Phi) is 13.5. The lowest BCUT2D eigenvalue weighted by Crippen LogP contribution is -2.23. The maximum absolute atomic E-state index is 12.1. The van der Waals surface area contributed by atoms with E-state index in [-0.39, 0.29) is 30.0 Å². The Balaban J connectivity index is 2.27. The summed E-state index contributed by atoms with van der Waals surface area (Å²) in [4.78, 5) is 0. The van der Waals surface area contributed by atoms with Crippen LogP contribution in [-0.4, -0.2) is 33.6 Å². The topological polar surface area (TPSA) is 80.9 Å². The number of aryl methyl sites for hydroxylation is 2. The molecule has 1 aliphatic rings. The van der Waals surface area contributed by atoms with Crippen molar-refractivity contribution in [3.05, 3.63) is 57.6 Å². The Bertz CT molecular complexity index is 1060. The molecule has 4 nitrogen and oxygen atoms in total. The summed E-state index contributed by atoms with van der Waals surface area (Å²) in [5.74, 6) is 1.10. The highest BCUT2D eigenvalue weighted by molar-refractivity contribution is 5.57. The van der Waals surface area contributed by atoms with Crippen molar-refractivity contribution in [2.24, 2.45) is 5.92 Å². The molecule has 1 saturated carbocycles. The zero-order valence-corrected chi connectivity index (χ0v) is 28.3. The van der Waals surface area contributed by atoms with Crippen LogP contribution in [0.1, 0.15) is 164 Å². The number of hydrogen-bond acceptors (Lipinski definition) is 4. The number of phenolic OH excluding ortho intramolecular Hbond substituents is 2. The van der Waals surface area contributed by atoms with Crippen molar-refractivity contribution in [1.29, 1.82) is 0 Å². The first-order valence-corrected chi connectivity index (χ1v) is 17.4. The van der Waals surface area contributed by atoms with Gasteiger partial charge in [-0.25, -0.2) is 0 Å². The lowest BCUT2D eigenvalue weighted by Gasteiger charge is -2.36. The molecule has 2 aromatic rings. The van der Waals surface area contributed by atoms with Crippen molar-refractivity contribution in [3.63, 3.8) is 0 Å². The van der Waals surface area contributed by atoms with Gasteiger partial charge in [0.1, 0.15) is 11.5 Å². The van der Waals surface area contributed by atoms with Gasteiger partial charge in [-0.15, -0.1) is 0 Å². The van der Waals surface area contributed by atoms with Crippen LogP contribution in [0.4, 0.5) is 0 Å². The molecule has 0 amide bonds. The van der Waals surface area contributed by atoms with Gasteiger partial charge in [0.2, 0.25) is 0 Å². The Morgan fingerprint density at radius 2 is 1.05 bits per heavy atom. The number of benzene rings is 2. The van der Waals surface area contributed by atoms with Crippen molar-refractivity contribution >= 4 is 0 Å². The largest absolute Gasteiger partial charge is 0.507 e. The summed E-state index contributed by atoms with van der Waals surface area (Å²) in [7, 11) is 0. The second-order valence-corrected chi connectivity index (χ2v) is 14.6. The zero-order chi connectivity index (χ0) is 31.6. The van der Waals surface area contributed by atoms with Gasteiger partial charge in [0.15, 0.2) is 0 Å². The molecule has 0 aromatic heterocycles. The maximum Gasteiger partial charge on any atom is 0.123 e. The van der Waals surface area contributed by atoms with Crippen molar-refractivity contribution < 1.29 is 20.4 Å². The summed E-state index contributed by atoms with van der Waals surface area (Å²) < 4.78 is 0. The van der Waals surface area contributed by atoms with E-state index in [4.69, 9.17) is 0 Å². The molecule has 2 aromatic carbocycles. The molecule has 4 heteroatoms. The van der Waals surface area contributed by atoms with Gasteiger partial charge in [-0.1, -0.05) is 97.9 Å². The average molecular weight is 595 g/mol. The molecule has 0 saturated heterocycles. The monoisotopic (exact) mass is 594 g/mol. The SMILES string of the molecule is CCC(C)(C)c1cc(CCCCCO)cc(C(c2cc(CCCCCO)cc(C(C)(C)CC)c2O)C2CCCCC2)c1O. The van der Waals surface area contributed by atoms with Crippen molar-refractivity contribution in [3.8, 4) is 11.5 Å². The molecule has 43 heavy (non-hydrogen) atoms. The van der Waals surface area contributed by atoms with Crippen molar-refractivity contribution in [2.45, 2.75) is 155 Å². The van der Waals surface area contributed by atoms with Crippen LogP contribution in [0.2, 0.25) is 0 Å². The third-order valence-corrected chi connectivity index (χ3v) is 10.7. The number of unbranched alkanes of at least 4 members (excludes halogenated alkanes) is 4. The summed E-state index contributed by atoms with van der Waals surface area (Å²) in [6.07, 6.45) is 15.1. The fraction of sp³-hybridized carbons (Fsp3) is 0.692. The summed E-state index contributed by atoms with van der Waals surface area (Å²) in [6, 6.07) is 8.95. The van der Waals surface area contributed by atoms with Gasteiger partial charge < -0.3 is 20.4 Å². The molecule has 3 rings (SSSR count).